The Morgan fingerprint density at radius 2 is 1.45 bits per heavy atom. The van der Waals surface area contributed by atoms with Crippen molar-refractivity contribution in [2.45, 2.75) is 91.1 Å². The summed E-state index contributed by atoms with van der Waals surface area (Å²) < 4.78 is 14.2. The summed E-state index contributed by atoms with van der Waals surface area (Å²) >= 11 is 1.66. The van der Waals surface area contributed by atoms with Crippen LogP contribution in [0.2, 0.25) is 16.6 Å². The minimum atomic E-state index is -2.09. The molecule has 0 unspecified atom stereocenters. The first kappa shape index (κ1) is 35.1. The Hall–Kier alpha value is -3.71. The lowest BCUT2D eigenvalue weighted by atomic mass is 9.95. The zero-order chi connectivity index (χ0) is 34.7. The van der Waals surface area contributed by atoms with E-state index in [0.29, 0.717) is 23.2 Å². The van der Waals surface area contributed by atoms with Gasteiger partial charge in [0.05, 0.1) is 0 Å². The van der Waals surface area contributed by atoms with Gasteiger partial charge in [0.15, 0.2) is 5.78 Å². The highest BCUT2D eigenvalue weighted by Crippen LogP contribution is 2.45. The van der Waals surface area contributed by atoms with E-state index < -0.39 is 8.32 Å². The highest BCUT2D eigenvalue weighted by molar-refractivity contribution is 7.22. The number of rotatable bonds is 13. The van der Waals surface area contributed by atoms with Gasteiger partial charge in [0.2, 0.25) is 0 Å². The maximum absolute atomic E-state index is 14.5. The zero-order valence-corrected chi connectivity index (χ0v) is 32.0. The first-order valence-electron chi connectivity index (χ1n) is 18.0. The van der Waals surface area contributed by atoms with Gasteiger partial charge >= 0.3 is 0 Å². The van der Waals surface area contributed by atoms with Gasteiger partial charge in [-0.25, -0.2) is 0 Å². The van der Waals surface area contributed by atoms with Crippen LogP contribution in [0.1, 0.15) is 87.0 Å². The van der Waals surface area contributed by atoms with Crippen molar-refractivity contribution in [1.29, 1.82) is 0 Å². The molecule has 4 aromatic carbocycles. The number of hydrogen-bond donors (Lipinski definition) is 0. The number of thiophene rings is 1. The molecule has 1 aliphatic rings. The molecule has 49 heavy (non-hydrogen) atoms. The van der Waals surface area contributed by atoms with E-state index in [4.69, 9.17) is 9.16 Å². The standard InChI is InChI=1S/C43H51NO3SSi/c1-29(2)49(30(3)4,31(5)6)47-37-19-17-34(18-20-37)43-41(42(45)35-15-16-36(32(7)25-35)27-44-23-11-12-24-44)39-22-21-38(26-40(39)48-43)46-28-33-13-9-8-10-14-33/h8-10,13-22,25-26,29-31H,11-12,23-24,27-28H2,1-7H3. The predicted molar refractivity (Wildman–Crippen MR) is 209 cm³/mol. The summed E-state index contributed by atoms with van der Waals surface area (Å²) in [7, 11) is -2.09. The fourth-order valence-electron chi connectivity index (χ4n) is 7.91. The molecule has 256 valence electrons. The number of ketones is 1. The molecule has 0 atom stereocenters. The molecule has 5 aromatic rings. The number of carbonyl (C=O) groups is 1. The van der Waals surface area contributed by atoms with Gasteiger partial charge in [-0.05, 0) is 120 Å². The summed E-state index contributed by atoms with van der Waals surface area (Å²) in [5, 5.41) is 0.960. The SMILES string of the molecule is Cc1cc(C(=O)c2c(-c3ccc(O[Si](C(C)C)(C(C)C)C(C)C)cc3)sc3cc(OCc4ccccc4)ccc23)ccc1CN1CCCC1. The summed E-state index contributed by atoms with van der Waals surface area (Å²) in [6, 6.07) is 31.1. The summed E-state index contributed by atoms with van der Waals surface area (Å²) in [6.45, 7) is 19.8. The van der Waals surface area contributed by atoms with E-state index in [1.165, 1.54) is 24.0 Å². The monoisotopic (exact) mass is 689 g/mol. The van der Waals surface area contributed by atoms with E-state index in [2.05, 4.69) is 114 Å². The van der Waals surface area contributed by atoms with Crippen LogP contribution in [-0.2, 0) is 13.2 Å². The molecule has 0 saturated carbocycles. The Bertz CT molecular complexity index is 1870. The summed E-state index contributed by atoms with van der Waals surface area (Å²) in [4.78, 5) is 18.0. The van der Waals surface area contributed by atoms with Crippen LogP contribution in [0.3, 0.4) is 0 Å². The van der Waals surface area contributed by atoms with Crippen molar-refractivity contribution in [3.8, 4) is 21.9 Å². The molecule has 1 aliphatic heterocycles. The van der Waals surface area contributed by atoms with Gasteiger partial charge in [-0.1, -0.05) is 84.0 Å². The third-order valence-electron chi connectivity index (χ3n) is 10.5. The molecule has 0 spiro atoms. The molecule has 0 amide bonds. The minimum absolute atomic E-state index is 0.0567. The van der Waals surface area contributed by atoms with Gasteiger partial charge in [-0.2, -0.15) is 0 Å². The van der Waals surface area contributed by atoms with Crippen LogP contribution < -0.4 is 9.16 Å². The Morgan fingerprint density at radius 1 is 0.796 bits per heavy atom. The lowest BCUT2D eigenvalue weighted by Gasteiger charge is -2.42. The van der Waals surface area contributed by atoms with Gasteiger partial charge < -0.3 is 9.16 Å². The van der Waals surface area contributed by atoms with Crippen LogP contribution in [-0.4, -0.2) is 32.1 Å². The van der Waals surface area contributed by atoms with E-state index in [1.54, 1.807) is 11.3 Å². The van der Waals surface area contributed by atoms with Crippen LogP contribution in [0.15, 0.2) is 91.0 Å². The highest BCUT2D eigenvalue weighted by Gasteiger charge is 2.47. The van der Waals surface area contributed by atoms with Gasteiger partial charge in [0, 0.05) is 32.6 Å². The first-order chi connectivity index (χ1) is 23.6. The highest BCUT2D eigenvalue weighted by atomic mass is 32.1. The largest absolute Gasteiger partial charge is 0.543 e. The molecule has 6 heteroatoms. The maximum atomic E-state index is 14.5. The molecule has 1 fully saturated rings. The summed E-state index contributed by atoms with van der Waals surface area (Å²) in [5.74, 6) is 1.77. The Kier molecular flexibility index (Phi) is 10.8. The van der Waals surface area contributed by atoms with Crippen LogP contribution in [0.5, 0.6) is 11.5 Å². The van der Waals surface area contributed by atoms with Gasteiger partial charge in [0.1, 0.15) is 18.1 Å². The van der Waals surface area contributed by atoms with Crippen molar-refractivity contribution in [3.05, 3.63) is 119 Å². The molecule has 1 saturated heterocycles. The van der Waals surface area contributed by atoms with Crippen LogP contribution >= 0.6 is 11.3 Å². The van der Waals surface area contributed by atoms with E-state index in [9.17, 15) is 4.79 Å². The number of aryl methyl sites for hydroxylation is 1. The summed E-state index contributed by atoms with van der Waals surface area (Å²) in [6.07, 6.45) is 2.54. The fourth-order valence-corrected chi connectivity index (χ4v) is 14.4. The molecule has 4 nitrogen and oxygen atoms in total. The van der Waals surface area contributed by atoms with Crippen LogP contribution in [0.25, 0.3) is 20.5 Å². The first-order valence-corrected chi connectivity index (χ1v) is 20.9. The average Bonchev–Trinajstić information content (AvgIpc) is 3.75. The van der Waals surface area contributed by atoms with Crippen molar-refractivity contribution in [1.82, 2.24) is 4.90 Å². The molecular formula is C43H51NO3SSi. The lowest BCUT2D eigenvalue weighted by Crippen LogP contribution is -2.50. The number of hydrogen-bond acceptors (Lipinski definition) is 5. The van der Waals surface area contributed by atoms with Gasteiger partial charge in [0.25, 0.3) is 8.32 Å². The second-order valence-corrected chi connectivity index (χ2v) is 21.1. The molecule has 0 N–H and O–H groups in total. The maximum Gasteiger partial charge on any atom is 0.258 e. The van der Waals surface area contributed by atoms with Gasteiger partial charge in [-0.15, -0.1) is 11.3 Å². The predicted octanol–water partition coefficient (Wildman–Crippen LogP) is 11.8. The normalized spacial score (nSPS) is 14.0. The van der Waals surface area contributed by atoms with E-state index >= 15 is 0 Å². The second kappa shape index (κ2) is 15.0. The number of nitrogens with zero attached hydrogens (tertiary/aromatic N) is 1. The molecular weight excluding hydrogens is 639 g/mol. The van der Waals surface area contributed by atoms with Crippen molar-refractivity contribution >= 4 is 35.5 Å². The minimum Gasteiger partial charge on any atom is -0.543 e. The topological polar surface area (TPSA) is 38.8 Å². The number of likely N-dealkylation sites (tertiary alicyclic amines) is 1. The number of fused-ring (bicyclic) bond motifs is 1. The van der Waals surface area contributed by atoms with Crippen molar-refractivity contribution in [3.63, 3.8) is 0 Å². The molecule has 0 aliphatic carbocycles. The van der Waals surface area contributed by atoms with Crippen LogP contribution in [0, 0.1) is 6.92 Å². The zero-order valence-electron chi connectivity index (χ0n) is 30.2. The smallest absolute Gasteiger partial charge is 0.258 e. The number of benzene rings is 4. The fraction of sp³-hybridized carbons (Fsp3) is 0.372. The van der Waals surface area contributed by atoms with E-state index in [0.717, 1.165) is 68.4 Å². The quantitative estimate of drug-likeness (QED) is 0.0911. The Morgan fingerprint density at radius 3 is 2.08 bits per heavy atom. The third-order valence-corrected chi connectivity index (χ3v) is 17.7. The molecule has 0 bridgehead atoms. The van der Waals surface area contributed by atoms with Crippen molar-refractivity contribution < 1.29 is 14.0 Å². The Balaban J connectivity index is 1.36. The molecule has 0 radical (unpaired) electrons. The van der Waals surface area contributed by atoms with Gasteiger partial charge in [-0.3, -0.25) is 9.69 Å². The summed E-state index contributed by atoms with van der Waals surface area (Å²) in [5.41, 5.74) is 7.57. The average molecular weight is 690 g/mol. The number of ether oxygens (including phenoxy) is 1. The second-order valence-electron chi connectivity index (χ2n) is 14.6. The number of carbonyl (C=O) groups excluding carboxylic acids is 1. The van der Waals surface area contributed by atoms with Crippen LogP contribution in [0.4, 0.5) is 0 Å². The molecule has 1 aromatic heterocycles. The molecule has 6 rings (SSSR count). The lowest BCUT2D eigenvalue weighted by molar-refractivity contribution is 0.104. The van der Waals surface area contributed by atoms with E-state index in [-0.39, 0.29) is 5.78 Å². The van der Waals surface area contributed by atoms with Crippen molar-refractivity contribution in [2.24, 2.45) is 0 Å². The molecule has 2 heterocycles. The van der Waals surface area contributed by atoms with Crippen molar-refractivity contribution in [2.75, 3.05) is 13.1 Å². The third kappa shape index (κ3) is 7.42. The Labute approximate surface area is 298 Å². The van der Waals surface area contributed by atoms with E-state index in [1.807, 2.05) is 30.3 Å².